The van der Waals surface area contributed by atoms with Crippen molar-refractivity contribution in [2.75, 3.05) is 11.4 Å². The fourth-order valence-electron chi connectivity index (χ4n) is 3.47. The van der Waals surface area contributed by atoms with E-state index in [2.05, 4.69) is 0 Å². The average molecular weight is 407 g/mol. The van der Waals surface area contributed by atoms with Crippen LogP contribution < -0.4 is 9.08 Å². The lowest BCUT2D eigenvalue weighted by atomic mass is 10.0. The van der Waals surface area contributed by atoms with Crippen LogP contribution in [0.15, 0.2) is 71.6 Å². The molecule has 0 fully saturated rings. The molecule has 29 heavy (non-hydrogen) atoms. The topological polar surface area (TPSA) is 63.7 Å². The van der Waals surface area contributed by atoms with Crippen LogP contribution in [0.1, 0.15) is 18.1 Å². The van der Waals surface area contributed by atoms with Crippen LogP contribution in [0.25, 0.3) is 11.1 Å². The predicted molar refractivity (Wildman–Crippen MR) is 113 cm³/mol. The van der Waals surface area contributed by atoms with E-state index in [-0.39, 0.29) is 16.6 Å². The number of anilines is 1. The molecule has 4 rings (SSSR count). The van der Waals surface area contributed by atoms with Gasteiger partial charge in [0.05, 0.1) is 0 Å². The first kappa shape index (κ1) is 19.2. The second kappa shape index (κ2) is 7.37. The fourth-order valence-corrected chi connectivity index (χ4v) is 4.42. The second-order valence-corrected chi connectivity index (χ2v) is 8.69. The zero-order chi connectivity index (χ0) is 20.6. The van der Waals surface area contributed by atoms with Crippen molar-refractivity contribution < 1.29 is 17.4 Å². The summed E-state index contributed by atoms with van der Waals surface area (Å²) in [6, 6.07) is 19.8. The van der Waals surface area contributed by atoms with Crippen molar-refractivity contribution in [1.82, 2.24) is 0 Å². The Morgan fingerprint density at radius 3 is 2.17 bits per heavy atom. The predicted octanol–water partition coefficient (Wildman–Crippen LogP) is 4.34. The molecule has 0 radical (unpaired) electrons. The highest BCUT2D eigenvalue weighted by Gasteiger charge is 2.26. The molecule has 0 N–H and O–H groups in total. The third-order valence-electron chi connectivity index (χ3n) is 5.07. The monoisotopic (exact) mass is 407 g/mol. The van der Waals surface area contributed by atoms with Gasteiger partial charge >= 0.3 is 10.1 Å². The number of aryl methyl sites for hydroxylation is 1. The Balaban J connectivity index is 1.57. The maximum atomic E-state index is 12.7. The van der Waals surface area contributed by atoms with Crippen LogP contribution in [-0.2, 0) is 21.3 Å². The van der Waals surface area contributed by atoms with Gasteiger partial charge in [-0.2, -0.15) is 8.42 Å². The highest BCUT2D eigenvalue weighted by atomic mass is 32.2. The molecule has 0 atom stereocenters. The van der Waals surface area contributed by atoms with Gasteiger partial charge in [-0.1, -0.05) is 48.0 Å². The maximum Gasteiger partial charge on any atom is 0.339 e. The molecule has 5 nitrogen and oxygen atoms in total. The lowest BCUT2D eigenvalue weighted by Gasteiger charge is -2.15. The molecule has 3 aromatic rings. The summed E-state index contributed by atoms with van der Waals surface area (Å²) in [5, 5.41) is 0. The van der Waals surface area contributed by atoms with Crippen molar-refractivity contribution in [1.29, 1.82) is 0 Å². The van der Waals surface area contributed by atoms with Gasteiger partial charge in [-0.3, -0.25) is 4.79 Å². The van der Waals surface area contributed by atoms with Crippen LogP contribution in [0.5, 0.6) is 5.75 Å². The summed E-state index contributed by atoms with van der Waals surface area (Å²) in [7, 11) is -4.01. The number of hydrogen-bond donors (Lipinski definition) is 0. The van der Waals surface area contributed by atoms with E-state index >= 15 is 0 Å². The van der Waals surface area contributed by atoms with E-state index in [4.69, 9.17) is 4.18 Å². The summed E-state index contributed by atoms with van der Waals surface area (Å²) in [6.45, 7) is 4.07. The van der Waals surface area contributed by atoms with E-state index < -0.39 is 10.1 Å². The van der Waals surface area contributed by atoms with Crippen LogP contribution in [-0.4, -0.2) is 20.9 Å². The molecule has 0 bridgehead atoms. The first-order valence-corrected chi connectivity index (χ1v) is 10.8. The van der Waals surface area contributed by atoms with Crippen molar-refractivity contribution in [3.8, 4) is 16.9 Å². The van der Waals surface area contributed by atoms with Gasteiger partial charge < -0.3 is 9.08 Å². The second-order valence-electron chi connectivity index (χ2n) is 7.14. The Hall–Kier alpha value is -3.12. The molecule has 1 aliphatic rings. The largest absolute Gasteiger partial charge is 0.379 e. The van der Waals surface area contributed by atoms with Gasteiger partial charge in [-0.15, -0.1) is 0 Å². The summed E-state index contributed by atoms with van der Waals surface area (Å²) in [6.07, 6.45) is 0.719. The highest BCUT2D eigenvalue weighted by Crippen LogP contribution is 2.32. The van der Waals surface area contributed by atoms with Crippen molar-refractivity contribution in [2.24, 2.45) is 0 Å². The molecular formula is C23H21NO4S. The standard InChI is InChI=1S/C23H21NO4S/c1-16-3-5-18(6-4-16)19-7-10-21(11-8-19)28-29(26,27)22-12-9-20-13-14-24(17(2)25)23(20)15-22/h3-12,15H,13-14H2,1-2H3. The molecule has 1 aliphatic heterocycles. The van der Waals surface area contributed by atoms with Crippen molar-refractivity contribution in [2.45, 2.75) is 25.2 Å². The first-order valence-electron chi connectivity index (χ1n) is 9.36. The number of nitrogens with zero attached hydrogens (tertiary/aromatic N) is 1. The van der Waals surface area contributed by atoms with Gasteiger partial charge in [0, 0.05) is 19.2 Å². The molecule has 0 saturated heterocycles. The van der Waals surface area contributed by atoms with E-state index in [0.717, 1.165) is 23.1 Å². The number of rotatable bonds is 4. The molecular weight excluding hydrogens is 386 g/mol. The molecule has 0 aliphatic carbocycles. The summed E-state index contributed by atoms with van der Waals surface area (Å²) < 4.78 is 30.8. The summed E-state index contributed by atoms with van der Waals surface area (Å²) in [5.41, 5.74) is 4.80. The van der Waals surface area contributed by atoms with Crippen LogP contribution in [0, 0.1) is 6.92 Å². The number of benzene rings is 3. The first-order chi connectivity index (χ1) is 13.8. The molecule has 0 unspecified atom stereocenters. The van der Waals surface area contributed by atoms with Crippen LogP contribution in [0.2, 0.25) is 0 Å². The van der Waals surface area contributed by atoms with Crippen LogP contribution >= 0.6 is 0 Å². The Morgan fingerprint density at radius 1 is 0.931 bits per heavy atom. The van der Waals surface area contributed by atoms with Gasteiger partial charge in [0.2, 0.25) is 5.91 Å². The van der Waals surface area contributed by atoms with Gasteiger partial charge in [-0.25, -0.2) is 0 Å². The fraction of sp³-hybridized carbons (Fsp3) is 0.174. The van der Waals surface area contributed by atoms with E-state index in [9.17, 15) is 13.2 Å². The Labute approximate surface area is 170 Å². The van der Waals surface area contributed by atoms with E-state index in [1.165, 1.54) is 24.6 Å². The molecule has 1 amide bonds. The number of carbonyl (C=O) groups excluding carboxylic acids is 1. The van der Waals surface area contributed by atoms with Gasteiger partial charge in [0.15, 0.2) is 0 Å². The molecule has 3 aromatic carbocycles. The quantitative estimate of drug-likeness (QED) is 0.604. The number of fused-ring (bicyclic) bond motifs is 1. The SMILES string of the molecule is CC(=O)N1CCc2ccc(S(=O)(=O)Oc3ccc(-c4ccc(C)cc4)cc3)cc21. The van der Waals surface area contributed by atoms with Gasteiger partial charge in [0.1, 0.15) is 10.6 Å². The minimum absolute atomic E-state index is 0.0343. The Morgan fingerprint density at radius 2 is 1.55 bits per heavy atom. The van der Waals surface area contributed by atoms with Crippen molar-refractivity contribution >= 4 is 21.7 Å². The zero-order valence-corrected chi connectivity index (χ0v) is 17.1. The normalized spacial score (nSPS) is 13.2. The van der Waals surface area contributed by atoms with Crippen molar-refractivity contribution in [3.63, 3.8) is 0 Å². The smallest absolute Gasteiger partial charge is 0.339 e. The number of amides is 1. The molecule has 0 saturated carbocycles. The molecule has 6 heteroatoms. The maximum absolute atomic E-state index is 12.7. The van der Waals surface area contributed by atoms with E-state index in [1.807, 2.05) is 43.3 Å². The summed E-state index contributed by atoms with van der Waals surface area (Å²) in [5.74, 6) is 0.135. The number of hydrogen-bond acceptors (Lipinski definition) is 4. The average Bonchev–Trinajstić information content (AvgIpc) is 3.12. The Bertz CT molecular complexity index is 1170. The summed E-state index contributed by atoms with van der Waals surface area (Å²) in [4.78, 5) is 13.4. The van der Waals surface area contributed by atoms with E-state index in [0.29, 0.717) is 12.2 Å². The molecule has 0 aromatic heterocycles. The summed E-state index contributed by atoms with van der Waals surface area (Å²) >= 11 is 0. The minimum Gasteiger partial charge on any atom is -0.379 e. The van der Waals surface area contributed by atoms with Crippen LogP contribution in [0.3, 0.4) is 0 Å². The lowest BCUT2D eigenvalue weighted by Crippen LogP contribution is -2.26. The Kier molecular flexibility index (Phi) is 4.88. The van der Waals surface area contributed by atoms with E-state index in [1.54, 1.807) is 23.1 Å². The molecule has 0 spiro atoms. The zero-order valence-electron chi connectivity index (χ0n) is 16.3. The third kappa shape index (κ3) is 3.89. The van der Waals surface area contributed by atoms with Crippen molar-refractivity contribution in [3.05, 3.63) is 77.9 Å². The van der Waals surface area contributed by atoms with Gasteiger partial charge in [-0.05, 0) is 54.3 Å². The molecule has 1 heterocycles. The lowest BCUT2D eigenvalue weighted by molar-refractivity contribution is -0.116. The highest BCUT2D eigenvalue weighted by molar-refractivity contribution is 7.87. The minimum atomic E-state index is -4.01. The van der Waals surface area contributed by atoms with Gasteiger partial charge in [0.25, 0.3) is 0 Å². The third-order valence-corrected chi connectivity index (χ3v) is 6.31. The number of carbonyl (C=O) groups is 1. The van der Waals surface area contributed by atoms with Crippen LogP contribution in [0.4, 0.5) is 5.69 Å². The molecule has 148 valence electrons.